The Bertz CT molecular complexity index is 463. The van der Waals surface area contributed by atoms with Crippen LogP contribution in [0.4, 0.5) is 0 Å². The molecule has 2 rings (SSSR count). The number of pyridine rings is 1. The first-order chi connectivity index (χ1) is 6.20. The molecule has 2 heteroatoms. The number of aromatic nitrogens is 1. The average molecular weight is 192 g/mol. The van der Waals surface area contributed by atoms with Crippen molar-refractivity contribution in [2.75, 3.05) is 0 Å². The molecule has 2 aromatic rings. The molecule has 0 amide bonds. The Balaban J connectivity index is 2.97. The summed E-state index contributed by atoms with van der Waals surface area (Å²) in [5.74, 6) is 0. The van der Waals surface area contributed by atoms with Gasteiger partial charge in [-0.1, -0.05) is 11.6 Å². The summed E-state index contributed by atoms with van der Waals surface area (Å²) in [6.45, 7) is 4.12. The quantitative estimate of drug-likeness (QED) is 0.621. The molecule has 0 N–H and O–H groups in total. The topological polar surface area (TPSA) is 12.9 Å². The first-order valence-corrected chi connectivity index (χ1v) is 4.58. The zero-order valence-electron chi connectivity index (χ0n) is 7.63. The number of aryl methyl sites for hydroxylation is 2. The minimum absolute atomic E-state index is 0.784. The summed E-state index contributed by atoms with van der Waals surface area (Å²) in [6, 6.07) is 5.89. The van der Waals surface area contributed by atoms with Crippen LogP contribution in [0.15, 0.2) is 24.4 Å². The SMILES string of the molecule is Cc1cc(Cl)c2cccnc2c1C. The number of hydrogen-bond donors (Lipinski definition) is 0. The van der Waals surface area contributed by atoms with Crippen molar-refractivity contribution in [3.63, 3.8) is 0 Å². The van der Waals surface area contributed by atoms with Crippen molar-refractivity contribution in [1.29, 1.82) is 0 Å². The van der Waals surface area contributed by atoms with Gasteiger partial charge < -0.3 is 0 Å². The third kappa shape index (κ3) is 1.29. The lowest BCUT2D eigenvalue weighted by Crippen LogP contribution is -1.87. The fraction of sp³-hybridized carbons (Fsp3) is 0.182. The van der Waals surface area contributed by atoms with Gasteiger partial charge in [0.1, 0.15) is 0 Å². The van der Waals surface area contributed by atoms with Crippen LogP contribution in [0.2, 0.25) is 5.02 Å². The Kier molecular flexibility index (Phi) is 1.97. The molecule has 0 atom stereocenters. The van der Waals surface area contributed by atoms with Crippen LogP contribution in [0.5, 0.6) is 0 Å². The average Bonchev–Trinajstić information content (AvgIpc) is 2.15. The second-order valence-electron chi connectivity index (χ2n) is 3.20. The highest BCUT2D eigenvalue weighted by Crippen LogP contribution is 2.26. The Labute approximate surface area is 82.4 Å². The molecule has 13 heavy (non-hydrogen) atoms. The van der Waals surface area contributed by atoms with Crippen molar-refractivity contribution in [2.45, 2.75) is 13.8 Å². The van der Waals surface area contributed by atoms with Crippen LogP contribution in [0, 0.1) is 13.8 Å². The summed E-state index contributed by atoms with van der Waals surface area (Å²) >= 11 is 6.09. The number of benzene rings is 1. The van der Waals surface area contributed by atoms with E-state index in [0.717, 1.165) is 15.9 Å². The zero-order valence-corrected chi connectivity index (χ0v) is 8.39. The van der Waals surface area contributed by atoms with Crippen LogP contribution in [-0.2, 0) is 0 Å². The lowest BCUT2D eigenvalue weighted by molar-refractivity contribution is 1.31. The molecule has 1 aromatic carbocycles. The summed E-state index contributed by atoms with van der Waals surface area (Å²) in [4.78, 5) is 4.32. The van der Waals surface area contributed by atoms with Gasteiger partial charge in [0.2, 0.25) is 0 Å². The fourth-order valence-corrected chi connectivity index (χ4v) is 1.78. The molecule has 1 nitrogen and oxygen atoms in total. The lowest BCUT2D eigenvalue weighted by Gasteiger charge is -2.05. The van der Waals surface area contributed by atoms with Crippen LogP contribution in [-0.4, -0.2) is 4.98 Å². The third-order valence-electron chi connectivity index (χ3n) is 2.35. The first-order valence-electron chi connectivity index (χ1n) is 4.20. The maximum absolute atomic E-state index is 6.09. The van der Waals surface area contributed by atoms with E-state index in [-0.39, 0.29) is 0 Å². The monoisotopic (exact) mass is 191 g/mol. The van der Waals surface area contributed by atoms with Crippen LogP contribution in [0.25, 0.3) is 10.9 Å². The van der Waals surface area contributed by atoms with Gasteiger partial charge in [-0.05, 0) is 43.2 Å². The number of fused-ring (bicyclic) bond motifs is 1. The molecule has 66 valence electrons. The summed E-state index contributed by atoms with van der Waals surface area (Å²) in [6.07, 6.45) is 1.80. The van der Waals surface area contributed by atoms with E-state index in [1.807, 2.05) is 18.2 Å². The molecule has 1 heterocycles. The van der Waals surface area contributed by atoms with E-state index in [1.54, 1.807) is 6.20 Å². The molecule has 0 saturated carbocycles. The Morgan fingerprint density at radius 3 is 2.85 bits per heavy atom. The highest BCUT2D eigenvalue weighted by molar-refractivity contribution is 6.35. The molecule has 0 aliphatic heterocycles. The highest BCUT2D eigenvalue weighted by Gasteiger charge is 2.04. The molecule has 0 spiro atoms. The first kappa shape index (κ1) is 8.52. The van der Waals surface area contributed by atoms with E-state index in [1.165, 1.54) is 11.1 Å². The summed E-state index contributed by atoms with van der Waals surface area (Å²) in [5.41, 5.74) is 3.41. The molecule has 0 saturated heterocycles. The maximum atomic E-state index is 6.09. The molecular weight excluding hydrogens is 182 g/mol. The van der Waals surface area contributed by atoms with Crippen molar-refractivity contribution in [2.24, 2.45) is 0 Å². The number of halogens is 1. The summed E-state index contributed by atoms with van der Waals surface area (Å²) < 4.78 is 0. The van der Waals surface area contributed by atoms with Crippen molar-refractivity contribution in [3.05, 3.63) is 40.5 Å². The largest absolute Gasteiger partial charge is 0.256 e. The highest BCUT2D eigenvalue weighted by atomic mass is 35.5. The standard InChI is InChI=1S/C11H10ClN/c1-7-6-10(12)9-4-3-5-13-11(9)8(7)2/h3-6H,1-2H3. The predicted octanol–water partition coefficient (Wildman–Crippen LogP) is 3.51. The van der Waals surface area contributed by atoms with E-state index in [0.29, 0.717) is 0 Å². The van der Waals surface area contributed by atoms with Gasteiger partial charge in [-0.3, -0.25) is 4.98 Å². The molecule has 1 aromatic heterocycles. The number of nitrogens with zero attached hydrogens (tertiary/aromatic N) is 1. The van der Waals surface area contributed by atoms with E-state index in [4.69, 9.17) is 11.6 Å². The van der Waals surface area contributed by atoms with E-state index < -0.39 is 0 Å². The summed E-state index contributed by atoms with van der Waals surface area (Å²) in [7, 11) is 0. The van der Waals surface area contributed by atoms with E-state index >= 15 is 0 Å². The van der Waals surface area contributed by atoms with Gasteiger partial charge in [-0.2, -0.15) is 0 Å². The maximum Gasteiger partial charge on any atom is 0.0748 e. The molecule has 0 unspecified atom stereocenters. The Morgan fingerprint density at radius 1 is 1.31 bits per heavy atom. The van der Waals surface area contributed by atoms with Crippen molar-refractivity contribution in [1.82, 2.24) is 4.98 Å². The molecule has 0 bridgehead atoms. The number of hydrogen-bond acceptors (Lipinski definition) is 1. The van der Waals surface area contributed by atoms with Gasteiger partial charge in [0.25, 0.3) is 0 Å². The van der Waals surface area contributed by atoms with Gasteiger partial charge in [0.15, 0.2) is 0 Å². The third-order valence-corrected chi connectivity index (χ3v) is 2.67. The van der Waals surface area contributed by atoms with Gasteiger partial charge in [-0.15, -0.1) is 0 Å². The van der Waals surface area contributed by atoms with E-state index in [9.17, 15) is 0 Å². The molecule has 0 radical (unpaired) electrons. The Hall–Kier alpha value is -1.08. The Morgan fingerprint density at radius 2 is 2.08 bits per heavy atom. The molecule has 0 aliphatic rings. The summed E-state index contributed by atoms with van der Waals surface area (Å²) in [5, 5.41) is 1.82. The fourth-order valence-electron chi connectivity index (χ4n) is 1.46. The normalized spacial score (nSPS) is 10.7. The van der Waals surface area contributed by atoms with Crippen molar-refractivity contribution < 1.29 is 0 Å². The molecule has 0 fully saturated rings. The van der Waals surface area contributed by atoms with Crippen LogP contribution in [0.3, 0.4) is 0 Å². The van der Waals surface area contributed by atoms with Gasteiger partial charge in [0.05, 0.1) is 10.5 Å². The lowest BCUT2D eigenvalue weighted by atomic mass is 10.1. The second kappa shape index (κ2) is 3.00. The van der Waals surface area contributed by atoms with Crippen LogP contribution >= 0.6 is 11.6 Å². The molecular formula is C11H10ClN. The van der Waals surface area contributed by atoms with Crippen molar-refractivity contribution >= 4 is 22.5 Å². The smallest absolute Gasteiger partial charge is 0.0748 e. The second-order valence-corrected chi connectivity index (χ2v) is 3.61. The van der Waals surface area contributed by atoms with Crippen molar-refractivity contribution in [3.8, 4) is 0 Å². The predicted molar refractivity (Wildman–Crippen MR) is 56.2 cm³/mol. The minimum Gasteiger partial charge on any atom is -0.256 e. The minimum atomic E-state index is 0.784. The van der Waals surface area contributed by atoms with E-state index in [2.05, 4.69) is 18.8 Å². The van der Waals surface area contributed by atoms with Gasteiger partial charge >= 0.3 is 0 Å². The molecule has 0 aliphatic carbocycles. The number of rotatable bonds is 0. The van der Waals surface area contributed by atoms with Gasteiger partial charge in [-0.25, -0.2) is 0 Å². The van der Waals surface area contributed by atoms with Gasteiger partial charge in [0, 0.05) is 11.6 Å². The van der Waals surface area contributed by atoms with Crippen LogP contribution < -0.4 is 0 Å². The zero-order chi connectivity index (χ0) is 9.42. The van der Waals surface area contributed by atoms with Crippen LogP contribution in [0.1, 0.15) is 11.1 Å².